The Labute approximate surface area is 206 Å². The van der Waals surface area contributed by atoms with Gasteiger partial charge in [0.1, 0.15) is 11.5 Å². The van der Waals surface area contributed by atoms with E-state index in [-0.39, 0.29) is 0 Å². The van der Waals surface area contributed by atoms with Crippen LogP contribution in [0.1, 0.15) is 41.3 Å². The number of phenols is 1. The zero-order valence-electron chi connectivity index (χ0n) is 20.4. The van der Waals surface area contributed by atoms with Gasteiger partial charge in [-0.15, -0.1) is 11.3 Å². The molecule has 0 aliphatic carbocycles. The molecule has 34 heavy (non-hydrogen) atoms. The molecule has 0 unspecified atom stereocenters. The highest BCUT2D eigenvalue weighted by atomic mass is 32.1. The number of likely N-dealkylation sites (tertiary alicyclic amines) is 1. The summed E-state index contributed by atoms with van der Waals surface area (Å²) in [5.41, 5.74) is 5.90. The first-order valence-electron chi connectivity index (χ1n) is 11.8. The molecule has 1 fully saturated rings. The van der Waals surface area contributed by atoms with E-state index >= 15 is 0 Å². The van der Waals surface area contributed by atoms with Crippen molar-refractivity contribution in [2.24, 2.45) is 0 Å². The highest BCUT2D eigenvalue weighted by Crippen LogP contribution is 2.39. The monoisotopic (exact) mass is 474 g/mol. The zero-order chi connectivity index (χ0) is 24.1. The number of methoxy groups -OCH3 is 1. The molecule has 1 aromatic heterocycles. The third kappa shape index (κ3) is 5.37. The number of rotatable bonds is 9. The van der Waals surface area contributed by atoms with Crippen LogP contribution >= 0.6 is 11.3 Å². The maximum absolute atomic E-state index is 10.1. The molecule has 0 saturated carbocycles. The van der Waals surface area contributed by atoms with Gasteiger partial charge in [0.15, 0.2) is 0 Å². The lowest BCUT2D eigenvalue weighted by Crippen LogP contribution is -2.18. The Bertz CT molecular complexity index is 1230. The van der Waals surface area contributed by atoms with Crippen LogP contribution in [0.3, 0.4) is 0 Å². The van der Waals surface area contributed by atoms with Gasteiger partial charge in [-0.05, 0) is 97.8 Å². The second-order valence-electron chi connectivity index (χ2n) is 8.82. The number of hydrogen-bond acceptors (Lipinski definition) is 5. The van der Waals surface area contributed by atoms with Crippen molar-refractivity contribution in [3.05, 3.63) is 88.5 Å². The number of phenolic OH excluding ortho intramolecular Hbond substituents is 1. The molecule has 2 aromatic carbocycles. The van der Waals surface area contributed by atoms with Gasteiger partial charge in [0.25, 0.3) is 0 Å². The maximum Gasteiger partial charge on any atom is 0.123 e. The summed E-state index contributed by atoms with van der Waals surface area (Å²) in [5, 5.41) is 14.4. The van der Waals surface area contributed by atoms with Gasteiger partial charge < -0.3 is 15.2 Å². The fourth-order valence-corrected chi connectivity index (χ4v) is 5.83. The van der Waals surface area contributed by atoms with Crippen molar-refractivity contribution in [1.29, 1.82) is 0 Å². The number of nitrogens with one attached hydrogen (secondary N) is 1. The van der Waals surface area contributed by atoms with Gasteiger partial charge >= 0.3 is 0 Å². The van der Waals surface area contributed by atoms with Crippen molar-refractivity contribution in [2.45, 2.75) is 32.7 Å². The lowest BCUT2D eigenvalue weighted by Gasteiger charge is -2.18. The molecule has 0 atom stereocenters. The van der Waals surface area contributed by atoms with Crippen LogP contribution in [-0.4, -0.2) is 37.3 Å². The molecule has 178 valence electrons. The van der Waals surface area contributed by atoms with Crippen molar-refractivity contribution in [2.75, 3.05) is 27.2 Å². The summed E-state index contributed by atoms with van der Waals surface area (Å²) >= 11 is 1.72. The van der Waals surface area contributed by atoms with Gasteiger partial charge in [-0.1, -0.05) is 24.8 Å². The lowest BCUT2D eigenvalue weighted by atomic mass is 9.98. The minimum absolute atomic E-state index is 0.297. The maximum atomic E-state index is 10.1. The zero-order valence-corrected chi connectivity index (χ0v) is 21.2. The van der Waals surface area contributed by atoms with E-state index in [9.17, 15) is 5.11 Å². The molecule has 2 heterocycles. The largest absolute Gasteiger partial charge is 0.508 e. The summed E-state index contributed by atoms with van der Waals surface area (Å²) in [6.45, 7) is 9.28. The van der Waals surface area contributed by atoms with Crippen LogP contribution in [0.4, 0.5) is 0 Å². The summed E-state index contributed by atoms with van der Waals surface area (Å²) in [7, 11) is 3.66. The van der Waals surface area contributed by atoms with E-state index in [0.29, 0.717) is 5.75 Å². The van der Waals surface area contributed by atoms with Crippen LogP contribution in [0.25, 0.3) is 15.7 Å². The quantitative estimate of drug-likeness (QED) is 0.348. The van der Waals surface area contributed by atoms with Crippen LogP contribution < -0.4 is 10.1 Å². The van der Waals surface area contributed by atoms with Crippen LogP contribution in [0, 0.1) is 0 Å². The fourth-order valence-electron chi connectivity index (χ4n) is 4.59. The Hall–Kier alpha value is -3.02. The Balaban J connectivity index is 1.70. The van der Waals surface area contributed by atoms with Crippen LogP contribution in [0.5, 0.6) is 11.5 Å². The van der Waals surface area contributed by atoms with Crippen molar-refractivity contribution in [3.8, 4) is 11.5 Å². The number of nitrogens with zero attached hydrogens (tertiary/aromatic N) is 1. The number of thiophene rings is 1. The molecular formula is C29H34N2O2S. The topological polar surface area (TPSA) is 44.7 Å². The summed E-state index contributed by atoms with van der Waals surface area (Å²) in [6.07, 6.45) is 9.36. The van der Waals surface area contributed by atoms with E-state index in [4.69, 9.17) is 4.74 Å². The first-order chi connectivity index (χ1) is 16.5. The van der Waals surface area contributed by atoms with Gasteiger partial charge in [0.05, 0.1) is 7.11 Å². The first-order valence-corrected chi connectivity index (χ1v) is 12.7. The second-order valence-corrected chi connectivity index (χ2v) is 9.87. The van der Waals surface area contributed by atoms with E-state index in [1.54, 1.807) is 24.5 Å². The standard InChI is InChI=1S/C29H34N2O2S/c1-5-23(30-3)11-8-20(2)29-26(25-13-12-24(32)18-28(25)34-29)16-21-9-10-22(27(17-21)33-4)19-31-14-6-7-15-31/h5,8-13,17-18,30,32H,1,6-7,14-16,19H2,2-4H3/b20-8+,23-11+. The van der Waals surface area contributed by atoms with E-state index in [0.717, 1.165) is 29.1 Å². The summed E-state index contributed by atoms with van der Waals surface area (Å²) in [6, 6.07) is 12.3. The molecule has 5 heteroatoms. The van der Waals surface area contributed by atoms with E-state index in [1.807, 2.05) is 31.3 Å². The number of benzene rings is 2. The average Bonchev–Trinajstić information content (AvgIpc) is 3.48. The molecular weight excluding hydrogens is 440 g/mol. The minimum atomic E-state index is 0.297. The molecule has 4 nitrogen and oxygen atoms in total. The van der Waals surface area contributed by atoms with E-state index in [2.05, 4.69) is 48.0 Å². The molecule has 0 bridgehead atoms. The van der Waals surface area contributed by atoms with Crippen molar-refractivity contribution in [3.63, 3.8) is 0 Å². The average molecular weight is 475 g/mol. The highest BCUT2D eigenvalue weighted by molar-refractivity contribution is 7.20. The first kappa shape index (κ1) is 24.1. The van der Waals surface area contributed by atoms with Crippen LogP contribution in [-0.2, 0) is 13.0 Å². The van der Waals surface area contributed by atoms with Gasteiger partial charge in [-0.3, -0.25) is 4.90 Å². The number of hydrogen-bond donors (Lipinski definition) is 2. The highest BCUT2D eigenvalue weighted by Gasteiger charge is 2.17. The fraction of sp³-hybridized carbons (Fsp3) is 0.310. The molecule has 3 aromatic rings. The molecule has 4 rings (SSSR count). The SMILES string of the molecule is C=C/C(=C\C=C(/C)c1sc2cc(O)ccc2c1Cc1ccc(CN2CCCC2)c(OC)c1)NC. The molecule has 2 N–H and O–H groups in total. The lowest BCUT2D eigenvalue weighted by molar-refractivity contribution is 0.321. The second kappa shape index (κ2) is 10.9. The number of ether oxygens (including phenoxy) is 1. The Morgan fingerprint density at radius 1 is 1.18 bits per heavy atom. The van der Waals surface area contributed by atoms with Gasteiger partial charge in [-0.2, -0.15) is 0 Å². The molecule has 0 amide bonds. The van der Waals surface area contributed by atoms with Crippen molar-refractivity contribution in [1.82, 2.24) is 10.2 Å². The molecule has 1 aliphatic heterocycles. The van der Waals surface area contributed by atoms with E-state index in [1.165, 1.54) is 58.5 Å². The number of fused-ring (bicyclic) bond motifs is 1. The summed E-state index contributed by atoms with van der Waals surface area (Å²) in [4.78, 5) is 3.73. The van der Waals surface area contributed by atoms with Crippen LogP contribution in [0.2, 0.25) is 0 Å². The summed E-state index contributed by atoms with van der Waals surface area (Å²) in [5.74, 6) is 1.26. The number of likely N-dealkylation sites (N-methyl/N-ethyl adjacent to an activating group) is 1. The normalized spacial score (nSPS) is 15.1. The third-order valence-electron chi connectivity index (χ3n) is 6.48. The van der Waals surface area contributed by atoms with Crippen LogP contribution in [0.15, 0.2) is 66.9 Å². The number of allylic oxidation sites excluding steroid dienone is 4. The predicted molar refractivity (Wildman–Crippen MR) is 145 cm³/mol. The summed E-state index contributed by atoms with van der Waals surface area (Å²) < 4.78 is 6.89. The smallest absolute Gasteiger partial charge is 0.123 e. The molecule has 1 saturated heterocycles. The Kier molecular flexibility index (Phi) is 7.76. The van der Waals surface area contributed by atoms with Gasteiger partial charge in [0.2, 0.25) is 0 Å². The molecule has 0 radical (unpaired) electrons. The minimum Gasteiger partial charge on any atom is -0.508 e. The van der Waals surface area contributed by atoms with Crippen molar-refractivity contribution < 1.29 is 9.84 Å². The molecule has 0 spiro atoms. The number of aromatic hydroxyl groups is 1. The van der Waals surface area contributed by atoms with E-state index < -0.39 is 0 Å². The molecule has 1 aliphatic rings. The van der Waals surface area contributed by atoms with Gasteiger partial charge in [0, 0.05) is 34.4 Å². The van der Waals surface area contributed by atoms with Crippen molar-refractivity contribution >= 4 is 27.0 Å². The third-order valence-corrected chi connectivity index (χ3v) is 7.81. The predicted octanol–water partition coefficient (Wildman–Crippen LogP) is 6.49. The van der Waals surface area contributed by atoms with Gasteiger partial charge in [-0.25, -0.2) is 0 Å². The Morgan fingerprint density at radius 3 is 2.68 bits per heavy atom. The Morgan fingerprint density at radius 2 is 1.97 bits per heavy atom.